The van der Waals surface area contributed by atoms with E-state index in [2.05, 4.69) is 10.0 Å². The molecule has 1 rings (SSSR count). The van der Waals surface area contributed by atoms with Crippen molar-refractivity contribution < 1.29 is 10.2 Å². The first-order chi connectivity index (χ1) is 7.27. The van der Waals surface area contributed by atoms with Gasteiger partial charge in [0.05, 0.1) is 18.8 Å². The summed E-state index contributed by atoms with van der Waals surface area (Å²) in [4.78, 5) is 2.72. The summed E-state index contributed by atoms with van der Waals surface area (Å²) in [5, 5.41) is 21.9. The van der Waals surface area contributed by atoms with Crippen LogP contribution < -0.4 is 0 Å². The van der Waals surface area contributed by atoms with Gasteiger partial charge >= 0.3 is 0 Å². The van der Waals surface area contributed by atoms with Crippen molar-refractivity contribution in [2.24, 2.45) is 11.0 Å². The number of azide groups is 1. The number of aliphatic hydroxyl groups is 2. The summed E-state index contributed by atoms with van der Waals surface area (Å²) in [5.41, 5.74) is 8.38. The first kappa shape index (κ1) is 12.3. The molecule has 2 N–H and O–H groups in total. The van der Waals surface area contributed by atoms with E-state index in [1.54, 1.807) is 0 Å². The zero-order chi connectivity index (χ0) is 11.1. The maximum atomic E-state index is 9.46. The van der Waals surface area contributed by atoms with Crippen molar-refractivity contribution in [1.29, 1.82) is 0 Å². The van der Waals surface area contributed by atoms with Gasteiger partial charge in [-0.3, -0.25) is 0 Å². The van der Waals surface area contributed by atoms with Crippen LogP contribution in [0.1, 0.15) is 38.5 Å². The van der Waals surface area contributed by atoms with Gasteiger partial charge in [-0.25, -0.2) is 0 Å². The quantitative estimate of drug-likeness (QED) is 0.415. The second-order valence-corrected chi connectivity index (χ2v) is 4.26. The Morgan fingerprint density at radius 3 is 2.53 bits per heavy atom. The number of hydrogen-bond donors (Lipinski definition) is 2. The molecule has 15 heavy (non-hydrogen) atoms. The standard InChI is InChI=1S/C10H19N3O2/c11-13-12-9(10(15)7-14)6-8-4-2-1-3-5-8/h8-10,14-15H,1-7H2/t9-,10+/m0/s1. The van der Waals surface area contributed by atoms with Gasteiger partial charge in [0.1, 0.15) is 0 Å². The average molecular weight is 213 g/mol. The molecule has 0 aromatic rings. The highest BCUT2D eigenvalue weighted by Crippen LogP contribution is 2.28. The molecule has 0 heterocycles. The molecule has 1 fully saturated rings. The van der Waals surface area contributed by atoms with Gasteiger partial charge in [-0.05, 0) is 17.9 Å². The van der Waals surface area contributed by atoms with E-state index >= 15 is 0 Å². The van der Waals surface area contributed by atoms with E-state index in [1.807, 2.05) is 0 Å². The van der Waals surface area contributed by atoms with Crippen LogP contribution in [0.3, 0.4) is 0 Å². The zero-order valence-corrected chi connectivity index (χ0v) is 8.92. The molecule has 0 unspecified atom stereocenters. The summed E-state index contributed by atoms with van der Waals surface area (Å²) in [6, 6.07) is -0.469. The van der Waals surface area contributed by atoms with Crippen LogP contribution in [0.15, 0.2) is 5.11 Å². The Morgan fingerprint density at radius 2 is 2.00 bits per heavy atom. The van der Waals surface area contributed by atoms with E-state index in [0.29, 0.717) is 12.3 Å². The lowest BCUT2D eigenvalue weighted by Crippen LogP contribution is -2.30. The molecule has 5 heteroatoms. The largest absolute Gasteiger partial charge is 0.394 e. The molecule has 86 valence electrons. The van der Waals surface area contributed by atoms with Crippen LogP contribution in [0, 0.1) is 5.92 Å². The van der Waals surface area contributed by atoms with Crippen molar-refractivity contribution in [1.82, 2.24) is 0 Å². The van der Waals surface area contributed by atoms with Gasteiger partial charge in [-0.15, -0.1) is 0 Å². The maximum Gasteiger partial charge on any atom is 0.0855 e. The normalized spacial score (nSPS) is 21.7. The smallest absolute Gasteiger partial charge is 0.0855 e. The van der Waals surface area contributed by atoms with E-state index in [0.717, 1.165) is 12.8 Å². The van der Waals surface area contributed by atoms with Gasteiger partial charge in [0.2, 0.25) is 0 Å². The summed E-state index contributed by atoms with van der Waals surface area (Å²) < 4.78 is 0. The van der Waals surface area contributed by atoms with E-state index in [9.17, 15) is 5.11 Å². The Labute approximate surface area is 89.7 Å². The molecule has 2 atom stereocenters. The molecule has 0 aromatic heterocycles. The summed E-state index contributed by atoms with van der Waals surface area (Å²) >= 11 is 0. The van der Waals surface area contributed by atoms with Crippen molar-refractivity contribution in [2.45, 2.75) is 50.7 Å². The molecule has 1 aliphatic carbocycles. The number of rotatable bonds is 5. The SMILES string of the molecule is [N-]=[N+]=N[C@@H](CC1CCCCC1)[C@H](O)CO. The molecular weight excluding hydrogens is 194 g/mol. The molecule has 0 spiro atoms. The topological polar surface area (TPSA) is 89.2 Å². The highest BCUT2D eigenvalue weighted by Gasteiger charge is 2.23. The lowest BCUT2D eigenvalue weighted by atomic mass is 9.84. The highest BCUT2D eigenvalue weighted by atomic mass is 16.3. The van der Waals surface area contributed by atoms with E-state index < -0.39 is 12.1 Å². The fourth-order valence-corrected chi connectivity index (χ4v) is 2.23. The number of nitrogens with zero attached hydrogens (tertiary/aromatic N) is 3. The highest BCUT2D eigenvalue weighted by molar-refractivity contribution is 4.80. The molecule has 0 aliphatic heterocycles. The minimum Gasteiger partial charge on any atom is -0.394 e. The van der Waals surface area contributed by atoms with Crippen LogP contribution in [0.4, 0.5) is 0 Å². The lowest BCUT2D eigenvalue weighted by molar-refractivity contribution is 0.0648. The fraction of sp³-hybridized carbons (Fsp3) is 1.00. The molecule has 1 saturated carbocycles. The van der Waals surface area contributed by atoms with Gasteiger partial charge in [-0.1, -0.05) is 37.2 Å². The third kappa shape index (κ3) is 4.08. The van der Waals surface area contributed by atoms with Crippen LogP contribution in [-0.4, -0.2) is 29.0 Å². The minimum absolute atomic E-state index is 0.337. The van der Waals surface area contributed by atoms with Crippen LogP contribution in [0.5, 0.6) is 0 Å². The Bertz CT molecular complexity index is 223. The van der Waals surface area contributed by atoms with Crippen LogP contribution >= 0.6 is 0 Å². The van der Waals surface area contributed by atoms with Gasteiger partial charge in [0.25, 0.3) is 0 Å². The molecule has 1 aliphatic rings. The second kappa shape index (κ2) is 6.67. The first-order valence-corrected chi connectivity index (χ1v) is 5.61. The van der Waals surface area contributed by atoms with Gasteiger partial charge in [0.15, 0.2) is 0 Å². The molecule has 0 radical (unpaired) electrons. The Balaban J connectivity index is 2.45. The van der Waals surface area contributed by atoms with Gasteiger partial charge in [-0.2, -0.15) is 0 Å². The Kier molecular flexibility index (Phi) is 5.47. The maximum absolute atomic E-state index is 9.46. The van der Waals surface area contributed by atoms with Crippen molar-refractivity contribution in [2.75, 3.05) is 6.61 Å². The molecule has 5 nitrogen and oxygen atoms in total. The average Bonchev–Trinajstić information content (AvgIpc) is 2.29. The van der Waals surface area contributed by atoms with Crippen molar-refractivity contribution in [3.8, 4) is 0 Å². The predicted octanol–water partition coefficient (Wildman–Crippen LogP) is 1.99. The Morgan fingerprint density at radius 1 is 1.33 bits per heavy atom. The van der Waals surface area contributed by atoms with E-state index in [1.165, 1.54) is 19.3 Å². The van der Waals surface area contributed by atoms with Crippen LogP contribution in [0.2, 0.25) is 0 Å². The molecular formula is C10H19N3O2. The number of hydrogen-bond acceptors (Lipinski definition) is 3. The lowest BCUT2D eigenvalue weighted by Gasteiger charge is -2.26. The van der Waals surface area contributed by atoms with E-state index in [-0.39, 0.29) is 6.61 Å². The molecule has 0 saturated heterocycles. The third-order valence-electron chi connectivity index (χ3n) is 3.13. The van der Waals surface area contributed by atoms with E-state index in [4.69, 9.17) is 10.6 Å². The second-order valence-electron chi connectivity index (χ2n) is 4.26. The van der Waals surface area contributed by atoms with Crippen molar-refractivity contribution >= 4 is 0 Å². The van der Waals surface area contributed by atoms with Crippen molar-refractivity contribution in [3.63, 3.8) is 0 Å². The summed E-state index contributed by atoms with van der Waals surface area (Å²) in [7, 11) is 0. The predicted molar refractivity (Wildman–Crippen MR) is 57.2 cm³/mol. The zero-order valence-electron chi connectivity index (χ0n) is 8.92. The first-order valence-electron chi connectivity index (χ1n) is 5.61. The van der Waals surface area contributed by atoms with Crippen molar-refractivity contribution in [3.05, 3.63) is 10.4 Å². The fourth-order valence-electron chi connectivity index (χ4n) is 2.23. The molecule has 0 bridgehead atoms. The van der Waals surface area contributed by atoms with Crippen LogP contribution in [0.25, 0.3) is 10.4 Å². The Hall–Kier alpha value is -0.770. The molecule has 0 amide bonds. The summed E-state index contributed by atoms with van der Waals surface area (Å²) in [6.45, 7) is -0.337. The van der Waals surface area contributed by atoms with Crippen LogP contribution in [-0.2, 0) is 0 Å². The summed E-state index contributed by atoms with van der Waals surface area (Å²) in [6.07, 6.45) is 5.82. The molecule has 0 aromatic carbocycles. The third-order valence-corrected chi connectivity index (χ3v) is 3.13. The number of aliphatic hydroxyl groups excluding tert-OH is 2. The van der Waals surface area contributed by atoms with Gasteiger partial charge in [0, 0.05) is 4.91 Å². The van der Waals surface area contributed by atoms with Gasteiger partial charge < -0.3 is 10.2 Å². The monoisotopic (exact) mass is 213 g/mol. The minimum atomic E-state index is -0.914. The summed E-state index contributed by atoms with van der Waals surface area (Å²) in [5.74, 6) is 0.537.